The lowest BCUT2D eigenvalue weighted by molar-refractivity contribution is -0.137. The van der Waals surface area contributed by atoms with Gasteiger partial charge in [0.2, 0.25) is 0 Å². The Bertz CT molecular complexity index is 1090. The summed E-state index contributed by atoms with van der Waals surface area (Å²) in [5, 5.41) is 11.2. The van der Waals surface area contributed by atoms with E-state index in [4.69, 9.17) is 24.1 Å². The Labute approximate surface area is 214 Å². The fraction of sp³-hybridized carbons (Fsp3) is 0.333. The summed E-state index contributed by atoms with van der Waals surface area (Å²) in [5.74, 6) is -1.68. The van der Waals surface area contributed by atoms with Crippen molar-refractivity contribution in [3.63, 3.8) is 0 Å². The van der Waals surface area contributed by atoms with Gasteiger partial charge in [0.15, 0.2) is 6.10 Å². The number of amides is 1. The zero-order valence-electron chi connectivity index (χ0n) is 20.9. The molecule has 0 aliphatic rings. The lowest BCUT2D eigenvalue weighted by Crippen LogP contribution is -2.28. The number of aliphatic hydroxyl groups is 1. The second-order valence-electron chi connectivity index (χ2n) is 7.77. The van der Waals surface area contributed by atoms with Gasteiger partial charge in [0.25, 0.3) is 0 Å². The van der Waals surface area contributed by atoms with Crippen LogP contribution in [0.2, 0.25) is 0 Å². The molecule has 37 heavy (non-hydrogen) atoms. The standard InChI is InChI=1S/C27H31F2NO7/c1-4-35-25(32)16-18(2)6-5-7-24(34-3)26(19-8-11-21(12-9-19)36-15-14-31)37-27(33)30-23-13-10-20(28)17-22(23)29/h5-6,8-13,16-17,24,26,31H,4,7,14-15H2,1-3H3,(H,30,33)/b6-5+,18-16+/t24-,26-/m1/s1. The number of methoxy groups -OCH3 is 1. The molecule has 0 radical (unpaired) electrons. The normalized spacial score (nSPS) is 13.2. The molecule has 200 valence electrons. The topological polar surface area (TPSA) is 103 Å². The van der Waals surface area contributed by atoms with Gasteiger partial charge >= 0.3 is 12.1 Å². The van der Waals surface area contributed by atoms with E-state index in [1.165, 1.54) is 13.2 Å². The van der Waals surface area contributed by atoms with E-state index in [1.807, 2.05) is 0 Å². The maximum absolute atomic E-state index is 14.0. The Balaban J connectivity index is 2.23. The van der Waals surface area contributed by atoms with Crippen molar-refractivity contribution in [2.45, 2.75) is 32.5 Å². The fourth-order valence-corrected chi connectivity index (χ4v) is 3.27. The molecule has 0 unspecified atom stereocenters. The van der Waals surface area contributed by atoms with Gasteiger partial charge in [0.05, 0.1) is 18.9 Å². The number of hydrogen-bond donors (Lipinski definition) is 2. The quantitative estimate of drug-likeness (QED) is 0.216. The average molecular weight is 520 g/mol. The second-order valence-corrected chi connectivity index (χ2v) is 7.77. The number of ether oxygens (including phenoxy) is 4. The molecule has 0 fully saturated rings. The molecule has 2 aromatic carbocycles. The molecule has 10 heteroatoms. The predicted octanol–water partition coefficient (Wildman–Crippen LogP) is 5.10. The van der Waals surface area contributed by atoms with Crippen LogP contribution < -0.4 is 10.1 Å². The lowest BCUT2D eigenvalue weighted by atomic mass is 10.0. The minimum absolute atomic E-state index is 0.120. The van der Waals surface area contributed by atoms with Crippen LogP contribution in [0, 0.1) is 11.6 Å². The van der Waals surface area contributed by atoms with Crippen molar-refractivity contribution >= 4 is 17.7 Å². The van der Waals surface area contributed by atoms with Crippen LogP contribution in [-0.4, -0.2) is 50.2 Å². The van der Waals surface area contributed by atoms with E-state index in [-0.39, 0.29) is 31.9 Å². The Kier molecular flexibility index (Phi) is 12.2. The SMILES string of the molecule is CCOC(=O)/C=C(C)/C=C/C[C@@H](OC)[C@H](OC(=O)Nc1ccc(F)cc1F)c1ccc(OCCO)cc1. The highest BCUT2D eigenvalue weighted by Crippen LogP contribution is 2.29. The van der Waals surface area contributed by atoms with Crippen molar-refractivity contribution in [3.8, 4) is 5.75 Å². The number of allylic oxidation sites excluding steroid dienone is 2. The van der Waals surface area contributed by atoms with Crippen molar-refractivity contribution in [1.29, 1.82) is 0 Å². The molecule has 8 nitrogen and oxygen atoms in total. The molecule has 0 bridgehead atoms. The monoisotopic (exact) mass is 519 g/mol. The molecule has 0 aliphatic heterocycles. The second kappa shape index (κ2) is 15.4. The molecule has 1 amide bonds. The minimum atomic E-state index is -0.972. The van der Waals surface area contributed by atoms with Crippen LogP contribution in [0.4, 0.5) is 19.3 Å². The smallest absolute Gasteiger partial charge is 0.412 e. The third-order valence-electron chi connectivity index (χ3n) is 4.99. The maximum atomic E-state index is 14.0. The van der Waals surface area contributed by atoms with Crippen LogP contribution in [0.1, 0.15) is 31.9 Å². The zero-order chi connectivity index (χ0) is 27.2. The van der Waals surface area contributed by atoms with E-state index in [0.29, 0.717) is 23.0 Å². The first-order valence-corrected chi connectivity index (χ1v) is 11.6. The summed E-state index contributed by atoms with van der Waals surface area (Å²) in [6.07, 6.45) is 2.53. The van der Waals surface area contributed by atoms with Gasteiger partial charge < -0.3 is 24.1 Å². The Hall–Kier alpha value is -3.76. The van der Waals surface area contributed by atoms with E-state index in [1.54, 1.807) is 50.3 Å². The van der Waals surface area contributed by atoms with E-state index < -0.39 is 35.9 Å². The van der Waals surface area contributed by atoms with E-state index in [0.717, 1.165) is 12.1 Å². The number of nitrogens with one attached hydrogen (secondary N) is 1. The third-order valence-corrected chi connectivity index (χ3v) is 4.99. The predicted molar refractivity (Wildman–Crippen MR) is 133 cm³/mol. The first-order chi connectivity index (χ1) is 17.8. The lowest BCUT2D eigenvalue weighted by Gasteiger charge is -2.26. The van der Waals surface area contributed by atoms with Gasteiger partial charge in [0, 0.05) is 19.3 Å². The summed E-state index contributed by atoms with van der Waals surface area (Å²) in [6, 6.07) is 9.38. The third kappa shape index (κ3) is 10.0. The van der Waals surface area contributed by atoms with Crippen LogP contribution in [-0.2, 0) is 19.0 Å². The maximum Gasteiger partial charge on any atom is 0.412 e. The van der Waals surface area contributed by atoms with Gasteiger partial charge in [-0.25, -0.2) is 18.4 Å². The number of hydrogen-bond acceptors (Lipinski definition) is 7. The van der Waals surface area contributed by atoms with Crippen molar-refractivity contribution in [2.24, 2.45) is 0 Å². The number of esters is 1. The summed E-state index contributed by atoms with van der Waals surface area (Å²) in [4.78, 5) is 24.3. The molecule has 0 aromatic heterocycles. The molecule has 2 N–H and O–H groups in total. The first kappa shape index (κ1) is 29.5. The summed E-state index contributed by atoms with van der Waals surface area (Å²) in [6.45, 7) is 3.70. The highest BCUT2D eigenvalue weighted by Gasteiger charge is 2.27. The summed E-state index contributed by atoms with van der Waals surface area (Å²) in [5.41, 5.74) is 0.970. The van der Waals surface area contributed by atoms with Gasteiger partial charge in [-0.05, 0) is 55.7 Å². The zero-order valence-corrected chi connectivity index (χ0v) is 20.9. The van der Waals surface area contributed by atoms with E-state index in [2.05, 4.69) is 5.32 Å². The molecule has 2 atom stereocenters. The summed E-state index contributed by atoms with van der Waals surface area (Å²) >= 11 is 0. The highest BCUT2D eigenvalue weighted by molar-refractivity contribution is 5.85. The largest absolute Gasteiger partial charge is 0.491 e. The Morgan fingerprint density at radius 1 is 1.14 bits per heavy atom. The fourth-order valence-electron chi connectivity index (χ4n) is 3.27. The number of benzene rings is 2. The van der Waals surface area contributed by atoms with Crippen LogP contribution in [0.5, 0.6) is 5.75 Å². The Morgan fingerprint density at radius 2 is 1.86 bits per heavy atom. The van der Waals surface area contributed by atoms with E-state index >= 15 is 0 Å². The van der Waals surface area contributed by atoms with Crippen LogP contribution in [0.3, 0.4) is 0 Å². The molecule has 2 rings (SSSR count). The first-order valence-electron chi connectivity index (χ1n) is 11.6. The molecule has 2 aromatic rings. The molecular weight excluding hydrogens is 488 g/mol. The average Bonchev–Trinajstić information content (AvgIpc) is 2.86. The van der Waals surface area contributed by atoms with Crippen molar-refractivity contribution in [2.75, 3.05) is 32.2 Å². The number of aliphatic hydroxyl groups excluding tert-OH is 1. The number of carbonyl (C=O) groups excluding carboxylic acids is 2. The van der Waals surface area contributed by atoms with Gasteiger partial charge in [0.1, 0.15) is 30.1 Å². The van der Waals surface area contributed by atoms with Crippen LogP contribution in [0.15, 0.2) is 66.3 Å². The van der Waals surface area contributed by atoms with Gasteiger partial charge in [-0.2, -0.15) is 0 Å². The molecule has 0 heterocycles. The highest BCUT2D eigenvalue weighted by atomic mass is 19.1. The number of carbonyl (C=O) groups is 2. The van der Waals surface area contributed by atoms with Crippen molar-refractivity contribution < 1.29 is 42.4 Å². The van der Waals surface area contributed by atoms with Gasteiger partial charge in [-0.3, -0.25) is 5.32 Å². The van der Waals surface area contributed by atoms with Crippen molar-refractivity contribution in [1.82, 2.24) is 0 Å². The number of anilines is 1. The number of rotatable bonds is 13. The van der Waals surface area contributed by atoms with E-state index in [9.17, 15) is 18.4 Å². The van der Waals surface area contributed by atoms with Crippen LogP contribution >= 0.6 is 0 Å². The minimum Gasteiger partial charge on any atom is -0.491 e. The molecule has 0 saturated carbocycles. The molecular formula is C27H31F2NO7. The number of halogens is 2. The molecule has 0 aliphatic carbocycles. The molecule has 0 spiro atoms. The van der Waals surface area contributed by atoms with Crippen molar-refractivity contribution in [3.05, 3.63) is 83.5 Å². The Morgan fingerprint density at radius 3 is 2.49 bits per heavy atom. The summed E-state index contributed by atoms with van der Waals surface area (Å²) in [7, 11) is 1.45. The van der Waals surface area contributed by atoms with Gasteiger partial charge in [-0.1, -0.05) is 24.3 Å². The van der Waals surface area contributed by atoms with Gasteiger partial charge in [-0.15, -0.1) is 0 Å². The van der Waals surface area contributed by atoms with Crippen LogP contribution in [0.25, 0.3) is 0 Å². The summed E-state index contributed by atoms with van der Waals surface area (Å²) < 4.78 is 48.7. The molecule has 0 saturated heterocycles.